The Morgan fingerprint density at radius 2 is 1.14 bits per heavy atom. The molecule has 0 aliphatic heterocycles. The molecule has 0 spiro atoms. The molecule has 0 fully saturated rings. The fourth-order valence-corrected chi connectivity index (χ4v) is 2.24. The lowest BCUT2D eigenvalue weighted by molar-refractivity contribution is 1.43. The van der Waals surface area contributed by atoms with Crippen LogP contribution in [0.3, 0.4) is 0 Å². The highest BCUT2D eigenvalue weighted by Gasteiger charge is 1.99. The SMILES string of the molecule is Cc1ccccc1Nc1ccc(Nc2ccc(N)cc2)cc1. The first-order chi connectivity index (χ1) is 10.7. The van der Waals surface area contributed by atoms with Crippen LogP contribution < -0.4 is 16.4 Å². The summed E-state index contributed by atoms with van der Waals surface area (Å²) in [6.07, 6.45) is 0. The standard InChI is InChI=1S/C19H19N3/c1-14-4-2-3-5-19(14)22-18-12-10-17(11-13-18)21-16-8-6-15(20)7-9-16/h2-13,21-22H,20H2,1H3. The number of nitrogen functional groups attached to an aromatic ring is 1. The van der Waals surface area contributed by atoms with E-state index in [0.29, 0.717) is 0 Å². The Bertz CT molecular complexity index is 746. The molecule has 0 amide bonds. The molecule has 0 bridgehead atoms. The van der Waals surface area contributed by atoms with Gasteiger partial charge in [-0.15, -0.1) is 0 Å². The van der Waals surface area contributed by atoms with Gasteiger partial charge in [0.15, 0.2) is 0 Å². The fourth-order valence-electron chi connectivity index (χ4n) is 2.24. The van der Waals surface area contributed by atoms with Gasteiger partial charge in [0.2, 0.25) is 0 Å². The molecule has 4 N–H and O–H groups in total. The third kappa shape index (κ3) is 3.38. The summed E-state index contributed by atoms with van der Waals surface area (Å²) in [5, 5.41) is 6.78. The van der Waals surface area contributed by atoms with Crippen LogP contribution in [0.5, 0.6) is 0 Å². The second-order valence-corrected chi connectivity index (χ2v) is 5.26. The molecular formula is C19H19N3. The average Bonchev–Trinajstić information content (AvgIpc) is 2.54. The average molecular weight is 289 g/mol. The maximum atomic E-state index is 5.69. The third-order valence-corrected chi connectivity index (χ3v) is 3.51. The van der Waals surface area contributed by atoms with Crippen LogP contribution in [-0.2, 0) is 0 Å². The van der Waals surface area contributed by atoms with E-state index in [9.17, 15) is 0 Å². The second-order valence-electron chi connectivity index (χ2n) is 5.26. The van der Waals surface area contributed by atoms with Crippen molar-refractivity contribution in [3.63, 3.8) is 0 Å². The molecule has 3 nitrogen and oxygen atoms in total. The summed E-state index contributed by atoms with van der Waals surface area (Å²) in [6.45, 7) is 2.10. The van der Waals surface area contributed by atoms with Gasteiger partial charge < -0.3 is 16.4 Å². The van der Waals surface area contributed by atoms with E-state index in [1.54, 1.807) is 0 Å². The van der Waals surface area contributed by atoms with Crippen molar-refractivity contribution in [3.05, 3.63) is 78.4 Å². The molecule has 0 saturated heterocycles. The highest BCUT2D eigenvalue weighted by atomic mass is 14.9. The first-order valence-electron chi connectivity index (χ1n) is 7.26. The normalized spacial score (nSPS) is 10.2. The van der Waals surface area contributed by atoms with E-state index in [2.05, 4.69) is 54.0 Å². The minimum atomic E-state index is 0.767. The lowest BCUT2D eigenvalue weighted by Gasteiger charge is -2.11. The van der Waals surface area contributed by atoms with Gasteiger partial charge in [-0.3, -0.25) is 0 Å². The largest absolute Gasteiger partial charge is 0.399 e. The second kappa shape index (κ2) is 6.22. The highest BCUT2D eigenvalue weighted by molar-refractivity contribution is 5.67. The first kappa shape index (κ1) is 14.0. The van der Waals surface area contributed by atoms with Gasteiger partial charge in [0.25, 0.3) is 0 Å². The van der Waals surface area contributed by atoms with Crippen LogP contribution in [-0.4, -0.2) is 0 Å². The van der Waals surface area contributed by atoms with Gasteiger partial charge in [-0.05, 0) is 67.1 Å². The van der Waals surface area contributed by atoms with Crippen molar-refractivity contribution in [2.75, 3.05) is 16.4 Å². The van der Waals surface area contributed by atoms with Gasteiger partial charge in [-0.25, -0.2) is 0 Å². The van der Waals surface area contributed by atoms with Crippen LogP contribution >= 0.6 is 0 Å². The van der Waals surface area contributed by atoms with Gasteiger partial charge in [0.1, 0.15) is 0 Å². The number of nitrogens with one attached hydrogen (secondary N) is 2. The number of hydrogen-bond acceptors (Lipinski definition) is 3. The lowest BCUT2D eigenvalue weighted by atomic mass is 10.2. The van der Waals surface area contributed by atoms with E-state index in [-0.39, 0.29) is 0 Å². The molecule has 0 aliphatic rings. The van der Waals surface area contributed by atoms with Crippen molar-refractivity contribution in [3.8, 4) is 0 Å². The summed E-state index contributed by atoms with van der Waals surface area (Å²) < 4.78 is 0. The van der Waals surface area contributed by atoms with Gasteiger partial charge in [-0.2, -0.15) is 0 Å². The Kier molecular flexibility index (Phi) is 3.97. The zero-order chi connectivity index (χ0) is 15.4. The number of nitrogens with two attached hydrogens (primary N) is 1. The Balaban J connectivity index is 1.70. The molecule has 110 valence electrons. The monoisotopic (exact) mass is 289 g/mol. The van der Waals surface area contributed by atoms with Crippen LogP contribution in [0.15, 0.2) is 72.8 Å². The predicted molar refractivity (Wildman–Crippen MR) is 95.0 cm³/mol. The van der Waals surface area contributed by atoms with E-state index >= 15 is 0 Å². The summed E-state index contributed by atoms with van der Waals surface area (Å²) in [5.74, 6) is 0. The Labute approximate surface area is 130 Å². The van der Waals surface area contributed by atoms with Crippen LogP contribution in [0.4, 0.5) is 28.4 Å². The number of hydrogen-bond donors (Lipinski definition) is 3. The number of rotatable bonds is 4. The highest BCUT2D eigenvalue weighted by Crippen LogP contribution is 2.23. The molecule has 0 aliphatic carbocycles. The maximum Gasteiger partial charge on any atom is 0.0413 e. The molecule has 3 rings (SSSR count). The lowest BCUT2D eigenvalue weighted by Crippen LogP contribution is -1.94. The summed E-state index contributed by atoms with van der Waals surface area (Å²) in [6, 6.07) is 24.2. The third-order valence-electron chi connectivity index (χ3n) is 3.51. The topological polar surface area (TPSA) is 50.1 Å². The number of anilines is 5. The Morgan fingerprint density at radius 3 is 1.73 bits per heavy atom. The van der Waals surface area contributed by atoms with Gasteiger partial charge >= 0.3 is 0 Å². The predicted octanol–water partition coefficient (Wildman–Crippen LogP) is 5.06. The summed E-state index contributed by atoms with van der Waals surface area (Å²) >= 11 is 0. The van der Waals surface area contributed by atoms with Crippen LogP contribution in [0, 0.1) is 6.92 Å². The van der Waals surface area contributed by atoms with Crippen LogP contribution in [0.2, 0.25) is 0 Å². The van der Waals surface area contributed by atoms with Crippen molar-refractivity contribution < 1.29 is 0 Å². The minimum absolute atomic E-state index is 0.767. The van der Waals surface area contributed by atoms with E-state index in [1.807, 2.05) is 36.4 Å². The molecule has 0 unspecified atom stereocenters. The molecule has 22 heavy (non-hydrogen) atoms. The molecular weight excluding hydrogens is 270 g/mol. The van der Waals surface area contributed by atoms with Gasteiger partial charge in [-0.1, -0.05) is 18.2 Å². The van der Waals surface area contributed by atoms with Crippen LogP contribution in [0.1, 0.15) is 5.56 Å². The Hall–Kier alpha value is -2.94. The van der Waals surface area contributed by atoms with Crippen molar-refractivity contribution in [2.45, 2.75) is 6.92 Å². The van der Waals surface area contributed by atoms with Gasteiger partial charge in [0.05, 0.1) is 0 Å². The smallest absolute Gasteiger partial charge is 0.0413 e. The van der Waals surface area contributed by atoms with E-state index in [0.717, 1.165) is 28.4 Å². The van der Waals surface area contributed by atoms with Crippen molar-refractivity contribution >= 4 is 28.4 Å². The summed E-state index contributed by atoms with van der Waals surface area (Å²) in [4.78, 5) is 0. The van der Waals surface area contributed by atoms with Crippen LogP contribution in [0.25, 0.3) is 0 Å². The fraction of sp³-hybridized carbons (Fsp3) is 0.0526. The van der Waals surface area contributed by atoms with E-state index < -0.39 is 0 Å². The molecule has 0 atom stereocenters. The number of para-hydroxylation sites is 1. The molecule has 0 radical (unpaired) electrons. The zero-order valence-corrected chi connectivity index (χ0v) is 12.5. The molecule has 3 aromatic carbocycles. The minimum Gasteiger partial charge on any atom is -0.399 e. The van der Waals surface area contributed by atoms with Gasteiger partial charge in [0, 0.05) is 28.4 Å². The molecule has 3 heteroatoms. The summed E-state index contributed by atoms with van der Waals surface area (Å²) in [7, 11) is 0. The zero-order valence-electron chi connectivity index (χ0n) is 12.5. The molecule has 0 aromatic heterocycles. The van der Waals surface area contributed by atoms with E-state index in [4.69, 9.17) is 5.73 Å². The first-order valence-corrected chi connectivity index (χ1v) is 7.26. The molecule has 0 heterocycles. The molecule has 3 aromatic rings. The quantitative estimate of drug-likeness (QED) is 0.588. The van der Waals surface area contributed by atoms with E-state index in [1.165, 1.54) is 5.56 Å². The number of benzene rings is 3. The maximum absolute atomic E-state index is 5.69. The number of aryl methyl sites for hydroxylation is 1. The van der Waals surface area contributed by atoms with Crippen molar-refractivity contribution in [1.29, 1.82) is 0 Å². The van der Waals surface area contributed by atoms with Crippen molar-refractivity contribution in [2.24, 2.45) is 0 Å². The molecule has 0 saturated carbocycles. The van der Waals surface area contributed by atoms with Crippen molar-refractivity contribution in [1.82, 2.24) is 0 Å². The Morgan fingerprint density at radius 1 is 0.636 bits per heavy atom. The summed E-state index contributed by atoms with van der Waals surface area (Å²) in [5.41, 5.74) is 11.9.